The monoisotopic (exact) mass is 381 g/mol. The fourth-order valence-electron chi connectivity index (χ4n) is 2.79. The fourth-order valence-corrected chi connectivity index (χ4v) is 2.79. The van der Waals surface area contributed by atoms with E-state index in [2.05, 4.69) is 4.98 Å². The molecule has 0 radical (unpaired) electrons. The van der Waals surface area contributed by atoms with Crippen LogP contribution in [0.1, 0.15) is 24.2 Å². The molecule has 2 heterocycles. The number of nitrogens with zero attached hydrogens (tertiary/aromatic N) is 2. The van der Waals surface area contributed by atoms with Crippen molar-refractivity contribution >= 4 is 16.8 Å². The quantitative estimate of drug-likeness (QED) is 0.701. The van der Waals surface area contributed by atoms with Crippen LogP contribution < -0.4 is 10.3 Å². The van der Waals surface area contributed by atoms with Crippen LogP contribution in [0.25, 0.3) is 22.0 Å². The fraction of sp³-hybridized carbons (Fsp3) is 0.273. The number of aromatic amines is 1. The number of amides is 1. The maximum absolute atomic E-state index is 12.3. The Hall–Kier alpha value is -3.28. The van der Waals surface area contributed by atoms with Crippen molar-refractivity contribution in [3.05, 3.63) is 64.7 Å². The van der Waals surface area contributed by atoms with Crippen LogP contribution in [0, 0.1) is 0 Å². The number of aryl methyl sites for hydroxylation is 1. The van der Waals surface area contributed by atoms with Gasteiger partial charge in [-0.05, 0) is 38.1 Å². The summed E-state index contributed by atoms with van der Waals surface area (Å²) in [5.74, 6) is 0.556. The van der Waals surface area contributed by atoms with E-state index >= 15 is 0 Å². The van der Waals surface area contributed by atoms with Gasteiger partial charge in [0.15, 0.2) is 0 Å². The van der Waals surface area contributed by atoms with Crippen molar-refractivity contribution in [2.24, 2.45) is 7.05 Å². The van der Waals surface area contributed by atoms with Crippen molar-refractivity contribution in [1.82, 2.24) is 14.5 Å². The molecule has 3 aromatic rings. The van der Waals surface area contributed by atoms with E-state index in [9.17, 15) is 9.59 Å². The lowest BCUT2D eigenvalue weighted by atomic mass is 10.00. The number of benzene rings is 1. The Bertz CT molecular complexity index is 1050. The molecule has 0 atom stereocenters. The lowest BCUT2D eigenvalue weighted by Crippen LogP contribution is -2.21. The van der Waals surface area contributed by atoms with Crippen molar-refractivity contribution in [2.75, 3.05) is 21.2 Å². The highest BCUT2D eigenvalue weighted by Crippen LogP contribution is 2.34. The van der Waals surface area contributed by atoms with Gasteiger partial charge in [0.05, 0.1) is 7.11 Å². The normalized spacial score (nSPS) is 10.6. The van der Waals surface area contributed by atoms with Gasteiger partial charge in [0.1, 0.15) is 11.3 Å². The summed E-state index contributed by atoms with van der Waals surface area (Å²) in [5, 5.41) is 0.797. The molecule has 2 aromatic heterocycles. The first-order valence-corrected chi connectivity index (χ1v) is 8.99. The van der Waals surface area contributed by atoms with Crippen LogP contribution in [0.5, 0.6) is 5.75 Å². The first kappa shape index (κ1) is 21.0. The third-order valence-corrected chi connectivity index (χ3v) is 4.37. The molecule has 0 saturated carbocycles. The minimum atomic E-state index is -0.0989. The summed E-state index contributed by atoms with van der Waals surface area (Å²) in [6.07, 6.45) is 7.50. The van der Waals surface area contributed by atoms with Crippen molar-refractivity contribution in [3.63, 3.8) is 0 Å². The van der Waals surface area contributed by atoms with Crippen LogP contribution in [0.2, 0.25) is 0 Å². The average Bonchev–Trinajstić information content (AvgIpc) is 3.20. The van der Waals surface area contributed by atoms with E-state index in [1.807, 2.05) is 32.1 Å². The molecular weight excluding hydrogens is 354 g/mol. The van der Waals surface area contributed by atoms with Gasteiger partial charge in [-0.15, -0.1) is 0 Å². The van der Waals surface area contributed by atoms with Crippen LogP contribution in [0.15, 0.2) is 53.6 Å². The Labute approximate surface area is 165 Å². The Balaban J connectivity index is 0.000000640. The van der Waals surface area contributed by atoms with E-state index in [1.165, 1.54) is 9.47 Å². The number of hydrogen-bond donors (Lipinski definition) is 1. The molecule has 28 heavy (non-hydrogen) atoms. The van der Waals surface area contributed by atoms with E-state index in [1.54, 1.807) is 58.8 Å². The molecule has 0 unspecified atom stereocenters. The van der Waals surface area contributed by atoms with Gasteiger partial charge < -0.3 is 19.2 Å². The second-order valence-corrected chi connectivity index (χ2v) is 6.51. The number of carbonyl (C=O) groups excluding carboxylic acids is 1. The minimum absolute atomic E-state index is 0.0889. The van der Waals surface area contributed by atoms with Crippen LogP contribution in [-0.4, -0.2) is 41.6 Å². The topological polar surface area (TPSA) is 67.3 Å². The van der Waals surface area contributed by atoms with E-state index in [4.69, 9.17) is 4.74 Å². The average molecular weight is 381 g/mol. The zero-order chi connectivity index (χ0) is 20.8. The number of aromatic nitrogens is 2. The van der Waals surface area contributed by atoms with Crippen LogP contribution >= 0.6 is 0 Å². The summed E-state index contributed by atoms with van der Waals surface area (Å²) in [6.45, 7) is 4.00. The van der Waals surface area contributed by atoms with Gasteiger partial charge in [-0.25, -0.2) is 0 Å². The number of fused-ring (bicyclic) bond motifs is 1. The maximum atomic E-state index is 12.3. The number of H-pyrrole nitrogens is 1. The van der Waals surface area contributed by atoms with Gasteiger partial charge in [0.25, 0.3) is 11.5 Å². The number of rotatable bonds is 3. The molecule has 148 valence electrons. The second kappa shape index (κ2) is 9.08. The molecule has 0 aliphatic heterocycles. The Kier molecular flexibility index (Phi) is 6.82. The van der Waals surface area contributed by atoms with Gasteiger partial charge in [0.2, 0.25) is 0 Å². The summed E-state index contributed by atoms with van der Waals surface area (Å²) >= 11 is 0. The highest BCUT2D eigenvalue weighted by atomic mass is 16.5. The van der Waals surface area contributed by atoms with Gasteiger partial charge in [-0.2, -0.15) is 0 Å². The lowest BCUT2D eigenvalue weighted by molar-refractivity contribution is 0.0827. The number of methoxy groups -OCH3 is 1. The summed E-state index contributed by atoms with van der Waals surface area (Å²) in [6, 6.07) is 7.16. The zero-order valence-corrected chi connectivity index (χ0v) is 17.2. The molecule has 1 aromatic carbocycles. The van der Waals surface area contributed by atoms with Crippen LogP contribution in [-0.2, 0) is 7.05 Å². The summed E-state index contributed by atoms with van der Waals surface area (Å²) in [4.78, 5) is 29.0. The van der Waals surface area contributed by atoms with Crippen molar-refractivity contribution in [1.29, 1.82) is 0 Å². The number of ether oxygens (including phenoxy) is 1. The number of pyridine rings is 1. The third kappa shape index (κ3) is 4.17. The first-order valence-electron chi connectivity index (χ1n) is 8.99. The van der Waals surface area contributed by atoms with E-state index in [-0.39, 0.29) is 11.5 Å². The molecule has 0 fully saturated rings. The minimum Gasteiger partial charge on any atom is -0.496 e. The van der Waals surface area contributed by atoms with Gasteiger partial charge in [-0.1, -0.05) is 12.2 Å². The highest BCUT2D eigenvalue weighted by molar-refractivity contribution is 5.99. The smallest absolute Gasteiger partial charge is 0.274 e. The van der Waals surface area contributed by atoms with E-state index in [0.717, 1.165) is 16.5 Å². The SMILES string of the molecule is C/C=C/C.COc1ccc(C(=O)N(C)C)cc1-c1cn(C)c(=O)c2[nH]ccc12. The molecule has 0 bridgehead atoms. The molecule has 0 aliphatic rings. The standard InChI is InChI=1S/C18H19N3O3.C4H8/c1-20(2)17(22)11-5-6-15(24-4)13(9-11)14-10-21(3)18(23)16-12(14)7-8-19-16;1-3-4-2/h5-10,19H,1-4H3;3-4H,1-2H3/b;4-3+. The van der Waals surface area contributed by atoms with Gasteiger partial charge in [-0.3, -0.25) is 9.59 Å². The first-order chi connectivity index (χ1) is 13.3. The Morgan fingerprint density at radius 3 is 2.39 bits per heavy atom. The predicted octanol–water partition coefficient (Wildman–Crippen LogP) is 3.83. The van der Waals surface area contributed by atoms with Crippen molar-refractivity contribution in [3.8, 4) is 16.9 Å². The van der Waals surface area contributed by atoms with Crippen molar-refractivity contribution in [2.45, 2.75) is 13.8 Å². The van der Waals surface area contributed by atoms with Crippen LogP contribution in [0.3, 0.4) is 0 Å². The number of nitrogens with one attached hydrogen (secondary N) is 1. The zero-order valence-electron chi connectivity index (χ0n) is 17.2. The predicted molar refractivity (Wildman–Crippen MR) is 114 cm³/mol. The third-order valence-electron chi connectivity index (χ3n) is 4.37. The number of carbonyl (C=O) groups is 1. The highest BCUT2D eigenvalue weighted by Gasteiger charge is 2.17. The molecule has 6 heteroatoms. The van der Waals surface area contributed by atoms with Crippen molar-refractivity contribution < 1.29 is 9.53 Å². The summed E-state index contributed by atoms with van der Waals surface area (Å²) in [7, 11) is 6.71. The molecule has 1 amide bonds. The lowest BCUT2D eigenvalue weighted by Gasteiger charge is -2.15. The molecule has 1 N–H and O–H groups in total. The molecule has 6 nitrogen and oxygen atoms in total. The van der Waals surface area contributed by atoms with E-state index in [0.29, 0.717) is 16.8 Å². The van der Waals surface area contributed by atoms with Gasteiger partial charge in [0, 0.05) is 55.6 Å². The van der Waals surface area contributed by atoms with Gasteiger partial charge >= 0.3 is 0 Å². The van der Waals surface area contributed by atoms with Crippen LogP contribution in [0.4, 0.5) is 0 Å². The number of allylic oxidation sites excluding steroid dienone is 2. The largest absolute Gasteiger partial charge is 0.496 e. The summed E-state index contributed by atoms with van der Waals surface area (Å²) < 4.78 is 6.99. The molecule has 0 aliphatic carbocycles. The Morgan fingerprint density at radius 1 is 1.14 bits per heavy atom. The molecular formula is C22H27N3O3. The van der Waals surface area contributed by atoms with E-state index < -0.39 is 0 Å². The molecule has 3 rings (SSSR count). The second-order valence-electron chi connectivity index (χ2n) is 6.51. The maximum Gasteiger partial charge on any atom is 0.274 e. The molecule has 0 spiro atoms. The Morgan fingerprint density at radius 2 is 1.82 bits per heavy atom. The summed E-state index contributed by atoms with van der Waals surface area (Å²) in [5.41, 5.74) is 2.59. The number of hydrogen-bond acceptors (Lipinski definition) is 3. The molecule has 0 saturated heterocycles.